The summed E-state index contributed by atoms with van der Waals surface area (Å²) in [5.74, 6) is 0.239. The Morgan fingerprint density at radius 2 is 1.06 bits per heavy atom. The molecule has 6 aromatic carbocycles. The van der Waals surface area contributed by atoms with E-state index >= 15 is 4.39 Å². The fourth-order valence-corrected chi connectivity index (χ4v) is 10.4. The Bertz CT molecular complexity index is 2630. The van der Waals surface area contributed by atoms with Crippen molar-refractivity contribution in [2.24, 2.45) is 5.92 Å². The van der Waals surface area contributed by atoms with E-state index in [1.54, 1.807) is 13.4 Å². The van der Waals surface area contributed by atoms with E-state index < -0.39 is 37.8 Å². The van der Waals surface area contributed by atoms with E-state index in [-0.39, 0.29) is 16.8 Å². The molecule has 1 aliphatic rings. The molecule has 0 spiro atoms. The van der Waals surface area contributed by atoms with Crippen LogP contribution in [0.15, 0.2) is 188 Å². The molecule has 1 fully saturated rings. The predicted octanol–water partition coefficient (Wildman–Crippen LogP) is 12.5. The van der Waals surface area contributed by atoms with Gasteiger partial charge in [0.05, 0.1) is 25.6 Å². The largest absolute Gasteiger partial charge is 0.479 e. The van der Waals surface area contributed by atoms with E-state index in [2.05, 4.69) is 112 Å². The summed E-state index contributed by atoms with van der Waals surface area (Å²) in [5.41, 5.74) is 4.48. The van der Waals surface area contributed by atoms with Crippen LogP contribution in [0.25, 0.3) is 11.2 Å². The first-order valence-electron chi connectivity index (χ1n) is 22.8. The topological polar surface area (TPSA) is 83.3 Å². The zero-order valence-corrected chi connectivity index (χ0v) is 39.5. The number of ether oxygens (including phenoxy) is 2. The van der Waals surface area contributed by atoms with Gasteiger partial charge in [0.15, 0.2) is 19.5 Å². The molecule has 1 aliphatic carbocycles. The molecule has 4 unspecified atom stereocenters. The first-order valence-corrected chi connectivity index (χ1v) is 25.7. The van der Waals surface area contributed by atoms with E-state index in [0.29, 0.717) is 30.1 Å². The lowest BCUT2D eigenvalue weighted by Crippen LogP contribution is -2.45. The average molecular weight is 896 g/mol. The molecule has 0 radical (unpaired) electrons. The number of rotatable bonds is 15. The molecule has 0 bridgehead atoms. The molecular weight excluding hydrogens is 838 g/mol. The van der Waals surface area contributed by atoms with Crippen LogP contribution in [0.1, 0.15) is 66.6 Å². The number of alkyl halides is 1. The summed E-state index contributed by atoms with van der Waals surface area (Å²) >= 11 is 0. The number of benzene rings is 6. The minimum Gasteiger partial charge on any atom is -0.479 e. The number of methoxy groups -OCH3 is 1. The summed E-state index contributed by atoms with van der Waals surface area (Å²) in [6.07, 6.45) is -0.312. The second kappa shape index (κ2) is 18.4. The monoisotopic (exact) mass is 895 g/mol. The number of nitrogens with one attached hydrogen (secondary N) is 1. The molecule has 8 nitrogen and oxygen atoms in total. The minimum absolute atomic E-state index is 0.0513. The van der Waals surface area contributed by atoms with Crippen molar-refractivity contribution in [2.75, 3.05) is 19.0 Å². The molecule has 1 saturated carbocycles. The second-order valence-electron chi connectivity index (χ2n) is 18.8. The van der Waals surface area contributed by atoms with Crippen LogP contribution >= 0.6 is 0 Å². The Labute approximate surface area is 389 Å². The number of aromatic nitrogens is 4. The van der Waals surface area contributed by atoms with Crippen molar-refractivity contribution in [3.63, 3.8) is 0 Å². The average Bonchev–Trinajstić information content (AvgIpc) is 3.92. The molecule has 8 aromatic rings. The Morgan fingerprint density at radius 3 is 1.47 bits per heavy atom. The highest BCUT2D eigenvalue weighted by atomic mass is 28.4. The molecule has 2 aromatic heterocycles. The third-order valence-corrected chi connectivity index (χ3v) is 18.4. The molecule has 2 heterocycles. The van der Waals surface area contributed by atoms with E-state index in [1.807, 2.05) is 114 Å². The van der Waals surface area contributed by atoms with Gasteiger partial charge in [-0.05, 0) is 57.9 Å². The molecule has 336 valence electrons. The fraction of sp³-hybridized carbons (Fsp3) is 0.268. The maximum Gasteiger partial charge on any atom is 0.246 e. The van der Waals surface area contributed by atoms with Gasteiger partial charge in [-0.2, -0.15) is 9.97 Å². The SMILES string of the molecule is COc1nc(NC(c2ccccc2)(c2ccccc2)c2ccccc2)nc2c1ncn2C1CC(CO[Si](C)(C)C(C)(C)C)C(OC(c2ccccc2)(c2ccccc2)c2ccccc2)C1F. The molecule has 66 heavy (non-hydrogen) atoms. The molecule has 1 N–H and O–H groups in total. The van der Waals surface area contributed by atoms with Crippen LogP contribution in [-0.2, 0) is 20.3 Å². The molecule has 4 atom stereocenters. The van der Waals surface area contributed by atoms with Gasteiger partial charge in [0.1, 0.15) is 17.3 Å². The van der Waals surface area contributed by atoms with Crippen LogP contribution in [0.5, 0.6) is 5.88 Å². The van der Waals surface area contributed by atoms with Crippen molar-refractivity contribution in [1.29, 1.82) is 0 Å². The summed E-state index contributed by atoms with van der Waals surface area (Å²) in [6.45, 7) is 11.5. The maximum atomic E-state index is 18.4. The second-order valence-corrected chi connectivity index (χ2v) is 23.6. The summed E-state index contributed by atoms with van der Waals surface area (Å²) < 4.78 is 40.9. The smallest absolute Gasteiger partial charge is 0.246 e. The van der Waals surface area contributed by atoms with Crippen molar-refractivity contribution < 1.29 is 18.3 Å². The van der Waals surface area contributed by atoms with Gasteiger partial charge in [-0.15, -0.1) is 0 Å². The van der Waals surface area contributed by atoms with Crippen LogP contribution in [0.3, 0.4) is 0 Å². The van der Waals surface area contributed by atoms with E-state index in [9.17, 15) is 0 Å². The summed E-state index contributed by atoms with van der Waals surface area (Å²) in [7, 11) is -0.701. The Morgan fingerprint density at radius 1 is 0.636 bits per heavy atom. The predicted molar refractivity (Wildman–Crippen MR) is 264 cm³/mol. The Balaban J connectivity index is 1.19. The fourth-order valence-electron chi connectivity index (χ4n) is 9.38. The first-order chi connectivity index (χ1) is 32.0. The van der Waals surface area contributed by atoms with Gasteiger partial charge in [0.2, 0.25) is 11.8 Å². The number of halogens is 1. The molecule has 0 aliphatic heterocycles. The van der Waals surface area contributed by atoms with Gasteiger partial charge in [0, 0.05) is 12.5 Å². The van der Waals surface area contributed by atoms with E-state index in [4.69, 9.17) is 28.9 Å². The van der Waals surface area contributed by atoms with Gasteiger partial charge in [-0.25, -0.2) is 9.37 Å². The lowest BCUT2D eigenvalue weighted by atomic mass is 9.77. The highest BCUT2D eigenvalue weighted by Gasteiger charge is 2.52. The highest BCUT2D eigenvalue weighted by molar-refractivity contribution is 6.74. The maximum absolute atomic E-state index is 18.4. The van der Waals surface area contributed by atoms with Crippen LogP contribution in [-0.4, -0.2) is 53.8 Å². The molecule has 9 rings (SSSR count). The van der Waals surface area contributed by atoms with Crippen molar-refractivity contribution >= 4 is 25.4 Å². The molecular formula is C56H58FN5O3Si. The highest BCUT2D eigenvalue weighted by Crippen LogP contribution is 2.50. The quantitative estimate of drug-likeness (QED) is 0.0810. The van der Waals surface area contributed by atoms with Gasteiger partial charge in [-0.1, -0.05) is 203 Å². The van der Waals surface area contributed by atoms with Crippen LogP contribution in [0, 0.1) is 5.92 Å². The number of imidazole rings is 1. The summed E-state index contributed by atoms with van der Waals surface area (Å²) in [4.78, 5) is 15.0. The molecule has 0 saturated heterocycles. The number of anilines is 1. The first kappa shape index (κ1) is 44.7. The van der Waals surface area contributed by atoms with Gasteiger partial charge in [-0.3, -0.25) is 0 Å². The molecule has 0 amide bonds. The van der Waals surface area contributed by atoms with Gasteiger partial charge < -0.3 is 23.8 Å². The standard InChI is InChI=1S/C56H58FN5O3Si/c1-54(2,3)66(5,6)64-38-40-37-47(48(57)50(40)65-56(44-31-19-10-20-32-44,45-33-21-11-22-34-45)46-35-23-12-24-36-46)62-39-58-49-51(62)59-53(60-52(49)63-4)61-55(41-25-13-7-14-26-41,42-27-15-8-16-28-42)43-29-17-9-18-30-43/h7-36,39-40,47-48,50H,37-38H2,1-6H3,(H,59,60,61). The number of hydrogen-bond acceptors (Lipinski definition) is 7. The van der Waals surface area contributed by atoms with Gasteiger partial charge >= 0.3 is 0 Å². The van der Waals surface area contributed by atoms with Crippen LogP contribution < -0.4 is 10.1 Å². The van der Waals surface area contributed by atoms with Gasteiger partial charge in [0.25, 0.3) is 0 Å². The zero-order valence-electron chi connectivity index (χ0n) is 38.5. The van der Waals surface area contributed by atoms with E-state index in [1.165, 1.54) is 0 Å². The van der Waals surface area contributed by atoms with Crippen molar-refractivity contribution in [3.8, 4) is 5.88 Å². The van der Waals surface area contributed by atoms with Crippen molar-refractivity contribution in [3.05, 3.63) is 222 Å². The summed E-state index contributed by atoms with van der Waals surface area (Å²) in [6, 6.07) is 60.6. The zero-order chi connectivity index (χ0) is 45.9. The lowest BCUT2D eigenvalue weighted by molar-refractivity contribution is -0.0975. The van der Waals surface area contributed by atoms with Crippen LogP contribution in [0.2, 0.25) is 18.1 Å². The van der Waals surface area contributed by atoms with Crippen molar-refractivity contribution in [1.82, 2.24) is 19.5 Å². The lowest BCUT2D eigenvalue weighted by Gasteiger charge is -2.41. The third kappa shape index (κ3) is 8.22. The Kier molecular flexibility index (Phi) is 12.5. The Hall–Kier alpha value is -6.46. The number of nitrogens with zero attached hydrogens (tertiary/aromatic N) is 4. The molecule has 10 heteroatoms. The summed E-state index contributed by atoms with van der Waals surface area (Å²) in [5, 5.41) is 3.75. The normalized spacial score (nSPS) is 18.0. The number of hydrogen-bond donors (Lipinski definition) is 1. The van der Waals surface area contributed by atoms with Crippen LogP contribution in [0.4, 0.5) is 10.3 Å². The third-order valence-electron chi connectivity index (χ3n) is 13.9. The van der Waals surface area contributed by atoms with E-state index in [0.717, 1.165) is 33.4 Å². The number of fused-ring (bicyclic) bond motifs is 1. The minimum atomic E-state index is -2.28. The van der Waals surface area contributed by atoms with Crippen molar-refractivity contribution in [2.45, 2.75) is 74.8 Å².